The number of hydrogen-bond acceptors (Lipinski definition) is 3. The van der Waals surface area contributed by atoms with Gasteiger partial charge in [0.05, 0.1) is 6.61 Å². The van der Waals surface area contributed by atoms with Crippen LogP contribution in [-0.2, 0) is 14.3 Å². The fraction of sp³-hybridized carbons (Fsp3) is 0.864. The van der Waals surface area contributed by atoms with Crippen molar-refractivity contribution < 1.29 is 14.3 Å². The third-order valence-electron chi connectivity index (χ3n) is 4.34. The second-order valence-electron chi connectivity index (χ2n) is 6.75. The number of allylic oxidation sites excluding steroid dienone is 2. The van der Waals surface area contributed by atoms with Gasteiger partial charge in [0.15, 0.2) is 0 Å². The first-order valence-corrected chi connectivity index (χ1v) is 10.7. The predicted molar refractivity (Wildman–Crippen MR) is 107 cm³/mol. The molecule has 3 heteroatoms. The molecule has 0 N–H and O–H groups in total. The summed E-state index contributed by atoms with van der Waals surface area (Å²) in [7, 11) is 0. The van der Waals surface area contributed by atoms with Crippen molar-refractivity contribution in [3.8, 4) is 0 Å². The molecule has 0 aromatic heterocycles. The summed E-state index contributed by atoms with van der Waals surface area (Å²) in [5.41, 5.74) is 0. The molecule has 0 bridgehead atoms. The molecule has 0 unspecified atom stereocenters. The van der Waals surface area contributed by atoms with Gasteiger partial charge in [-0.05, 0) is 39.0 Å². The van der Waals surface area contributed by atoms with Crippen LogP contribution in [0.1, 0.15) is 104 Å². The monoisotopic (exact) mass is 354 g/mol. The second-order valence-corrected chi connectivity index (χ2v) is 6.75. The third kappa shape index (κ3) is 21.1. The maximum absolute atomic E-state index is 11.5. The molecule has 0 saturated carbocycles. The van der Waals surface area contributed by atoms with Crippen LogP contribution in [0.15, 0.2) is 12.2 Å². The summed E-state index contributed by atoms with van der Waals surface area (Å²) < 4.78 is 10.2. The zero-order chi connectivity index (χ0) is 18.4. The third-order valence-corrected chi connectivity index (χ3v) is 4.34. The van der Waals surface area contributed by atoms with Crippen molar-refractivity contribution in [3.05, 3.63) is 12.2 Å². The SMILES string of the molecule is CCCCCCCC/C=C\CCCCCCCC(=O)OCCOCC. The van der Waals surface area contributed by atoms with E-state index in [0.29, 0.717) is 26.2 Å². The normalized spacial score (nSPS) is 11.3. The summed E-state index contributed by atoms with van der Waals surface area (Å²) in [4.78, 5) is 11.5. The van der Waals surface area contributed by atoms with Crippen LogP contribution in [0.2, 0.25) is 0 Å². The smallest absolute Gasteiger partial charge is 0.305 e. The summed E-state index contributed by atoms with van der Waals surface area (Å²) in [6.07, 6.45) is 21.8. The van der Waals surface area contributed by atoms with Gasteiger partial charge in [-0.1, -0.05) is 70.4 Å². The van der Waals surface area contributed by atoms with Crippen molar-refractivity contribution in [1.29, 1.82) is 0 Å². The molecule has 0 aliphatic carbocycles. The minimum atomic E-state index is -0.0858. The first-order chi connectivity index (χ1) is 12.3. The molecule has 0 aliphatic rings. The molecule has 0 amide bonds. The van der Waals surface area contributed by atoms with Crippen molar-refractivity contribution >= 4 is 5.97 Å². The lowest BCUT2D eigenvalue weighted by atomic mass is 10.1. The molecular formula is C22H42O3. The minimum absolute atomic E-state index is 0.0858. The van der Waals surface area contributed by atoms with E-state index in [1.807, 2.05) is 6.92 Å². The lowest BCUT2D eigenvalue weighted by molar-refractivity contribution is -0.145. The summed E-state index contributed by atoms with van der Waals surface area (Å²) in [5, 5.41) is 0. The summed E-state index contributed by atoms with van der Waals surface area (Å²) in [6.45, 7) is 5.77. The van der Waals surface area contributed by atoms with Gasteiger partial charge in [-0.15, -0.1) is 0 Å². The number of hydrogen-bond donors (Lipinski definition) is 0. The van der Waals surface area contributed by atoms with Gasteiger partial charge < -0.3 is 9.47 Å². The number of carbonyl (C=O) groups excluding carboxylic acids is 1. The standard InChI is InChI=1S/C22H42O3/c1-3-5-6-7-8-9-10-11-12-13-14-15-16-17-18-19-22(23)25-21-20-24-4-2/h11-12H,3-10,13-21H2,1-2H3/b12-11-. The molecule has 0 aliphatic heterocycles. The molecule has 0 heterocycles. The van der Waals surface area contributed by atoms with E-state index in [1.165, 1.54) is 70.6 Å². The van der Waals surface area contributed by atoms with E-state index in [1.54, 1.807) is 0 Å². The van der Waals surface area contributed by atoms with Gasteiger partial charge in [0.1, 0.15) is 6.61 Å². The van der Waals surface area contributed by atoms with Crippen molar-refractivity contribution in [2.75, 3.05) is 19.8 Å². The van der Waals surface area contributed by atoms with Gasteiger partial charge in [0, 0.05) is 13.0 Å². The molecule has 148 valence electrons. The van der Waals surface area contributed by atoms with E-state index < -0.39 is 0 Å². The van der Waals surface area contributed by atoms with E-state index >= 15 is 0 Å². The Morgan fingerprint density at radius 2 is 1.28 bits per heavy atom. The topological polar surface area (TPSA) is 35.5 Å². The van der Waals surface area contributed by atoms with Crippen LogP contribution >= 0.6 is 0 Å². The fourth-order valence-corrected chi connectivity index (χ4v) is 2.77. The predicted octanol–water partition coefficient (Wildman–Crippen LogP) is 6.60. The van der Waals surface area contributed by atoms with Gasteiger partial charge in [-0.3, -0.25) is 4.79 Å². The quantitative estimate of drug-likeness (QED) is 0.149. The Bertz CT molecular complexity index is 300. The molecule has 0 spiro atoms. The Morgan fingerprint density at radius 3 is 1.88 bits per heavy atom. The van der Waals surface area contributed by atoms with Gasteiger partial charge in [0.25, 0.3) is 0 Å². The van der Waals surface area contributed by atoms with E-state index in [2.05, 4.69) is 19.1 Å². The molecule has 0 radical (unpaired) electrons. The molecule has 0 atom stereocenters. The van der Waals surface area contributed by atoms with Crippen LogP contribution < -0.4 is 0 Å². The highest BCUT2D eigenvalue weighted by molar-refractivity contribution is 5.69. The number of carbonyl (C=O) groups is 1. The van der Waals surface area contributed by atoms with Crippen molar-refractivity contribution in [2.24, 2.45) is 0 Å². The first-order valence-electron chi connectivity index (χ1n) is 10.7. The summed E-state index contributed by atoms with van der Waals surface area (Å²) in [5.74, 6) is -0.0858. The summed E-state index contributed by atoms with van der Waals surface area (Å²) >= 11 is 0. The Hall–Kier alpha value is -0.830. The molecule has 3 nitrogen and oxygen atoms in total. The zero-order valence-electron chi connectivity index (χ0n) is 16.9. The molecule has 0 rings (SSSR count). The Balaban J connectivity index is 3.17. The maximum Gasteiger partial charge on any atom is 0.305 e. The van der Waals surface area contributed by atoms with Crippen LogP contribution in [0.5, 0.6) is 0 Å². The van der Waals surface area contributed by atoms with Crippen molar-refractivity contribution in [2.45, 2.75) is 104 Å². The van der Waals surface area contributed by atoms with Gasteiger partial charge >= 0.3 is 5.97 Å². The van der Waals surface area contributed by atoms with E-state index in [4.69, 9.17) is 9.47 Å². The largest absolute Gasteiger partial charge is 0.463 e. The van der Waals surface area contributed by atoms with E-state index in [0.717, 1.165) is 12.8 Å². The molecular weight excluding hydrogens is 312 g/mol. The Morgan fingerprint density at radius 1 is 0.720 bits per heavy atom. The van der Waals surface area contributed by atoms with Crippen LogP contribution in [0.25, 0.3) is 0 Å². The molecule has 0 fully saturated rings. The van der Waals surface area contributed by atoms with Crippen molar-refractivity contribution in [1.82, 2.24) is 0 Å². The van der Waals surface area contributed by atoms with Crippen LogP contribution in [0.4, 0.5) is 0 Å². The first kappa shape index (κ1) is 24.2. The Labute approximate surface area is 156 Å². The Kier molecular flexibility index (Phi) is 20.5. The van der Waals surface area contributed by atoms with E-state index in [9.17, 15) is 4.79 Å². The molecule has 0 aromatic carbocycles. The van der Waals surface area contributed by atoms with Gasteiger partial charge in [-0.2, -0.15) is 0 Å². The molecule has 0 aromatic rings. The number of unbranched alkanes of at least 4 members (excludes halogenated alkanes) is 11. The highest BCUT2D eigenvalue weighted by Gasteiger charge is 2.02. The highest BCUT2D eigenvalue weighted by atomic mass is 16.6. The van der Waals surface area contributed by atoms with Crippen LogP contribution in [0.3, 0.4) is 0 Å². The lowest BCUT2D eigenvalue weighted by Crippen LogP contribution is -2.10. The number of ether oxygens (including phenoxy) is 2. The average molecular weight is 355 g/mol. The lowest BCUT2D eigenvalue weighted by Gasteiger charge is -2.04. The minimum Gasteiger partial charge on any atom is -0.463 e. The number of rotatable bonds is 19. The highest BCUT2D eigenvalue weighted by Crippen LogP contribution is 2.10. The maximum atomic E-state index is 11.5. The van der Waals surface area contributed by atoms with Crippen molar-refractivity contribution in [3.63, 3.8) is 0 Å². The van der Waals surface area contributed by atoms with Crippen LogP contribution in [-0.4, -0.2) is 25.8 Å². The van der Waals surface area contributed by atoms with Gasteiger partial charge in [0.2, 0.25) is 0 Å². The summed E-state index contributed by atoms with van der Waals surface area (Å²) in [6, 6.07) is 0. The molecule has 25 heavy (non-hydrogen) atoms. The number of esters is 1. The van der Waals surface area contributed by atoms with Crippen LogP contribution in [0, 0.1) is 0 Å². The zero-order valence-corrected chi connectivity index (χ0v) is 16.9. The fourth-order valence-electron chi connectivity index (χ4n) is 2.77. The molecule has 0 saturated heterocycles. The van der Waals surface area contributed by atoms with E-state index in [-0.39, 0.29) is 5.97 Å². The average Bonchev–Trinajstić information content (AvgIpc) is 2.62. The second kappa shape index (κ2) is 21.2. The van der Waals surface area contributed by atoms with Gasteiger partial charge in [-0.25, -0.2) is 0 Å².